The number of nitrogens with one attached hydrogen (secondary N) is 1. The van der Waals surface area contributed by atoms with Crippen molar-refractivity contribution < 1.29 is 13.6 Å². The van der Waals surface area contributed by atoms with Crippen molar-refractivity contribution in [2.75, 3.05) is 13.1 Å². The van der Waals surface area contributed by atoms with Gasteiger partial charge in [-0.25, -0.2) is 8.78 Å². The summed E-state index contributed by atoms with van der Waals surface area (Å²) in [5, 5.41) is 7.83. The molecule has 1 N–H and O–H groups in total. The van der Waals surface area contributed by atoms with Crippen LogP contribution in [0.5, 0.6) is 0 Å². The molecule has 2 atom stereocenters. The van der Waals surface area contributed by atoms with Crippen LogP contribution >= 0.6 is 0 Å². The second-order valence-corrected chi connectivity index (χ2v) is 7.16. The van der Waals surface area contributed by atoms with Crippen LogP contribution in [0.3, 0.4) is 0 Å². The molecule has 1 fully saturated rings. The predicted octanol–water partition coefficient (Wildman–Crippen LogP) is 2.45. The Balaban J connectivity index is 1.46. The topological polar surface area (TPSA) is 63.0 Å². The summed E-state index contributed by atoms with van der Waals surface area (Å²) in [6.45, 7) is 1.23. The first kappa shape index (κ1) is 18.5. The van der Waals surface area contributed by atoms with Gasteiger partial charge in [-0.15, -0.1) is 0 Å². The fourth-order valence-corrected chi connectivity index (χ4v) is 3.77. The Morgan fingerprint density at radius 2 is 2.14 bits per heavy atom. The molecule has 1 saturated heterocycles. The molecule has 0 spiro atoms. The molecule has 2 aromatic heterocycles. The molecule has 8 heteroatoms. The molecular formula is C20H21F2N5O. The van der Waals surface area contributed by atoms with Gasteiger partial charge in [0, 0.05) is 73.2 Å². The van der Waals surface area contributed by atoms with Crippen LogP contribution in [0.2, 0.25) is 0 Å². The van der Waals surface area contributed by atoms with E-state index in [0.717, 1.165) is 5.56 Å². The summed E-state index contributed by atoms with van der Waals surface area (Å²) in [7, 11) is 1.84. The van der Waals surface area contributed by atoms with Gasteiger partial charge in [0.2, 0.25) is 0 Å². The summed E-state index contributed by atoms with van der Waals surface area (Å²) in [6, 6.07) is 4.17. The Morgan fingerprint density at radius 1 is 1.29 bits per heavy atom. The molecule has 1 aliphatic heterocycles. The zero-order valence-corrected chi connectivity index (χ0v) is 15.5. The number of halogens is 2. The number of amides is 1. The van der Waals surface area contributed by atoms with Gasteiger partial charge < -0.3 is 5.32 Å². The zero-order valence-electron chi connectivity index (χ0n) is 15.5. The van der Waals surface area contributed by atoms with E-state index in [1.54, 1.807) is 16.9 Å². The van der Waals surface area contributed by atoms with E-state index in [-0.39, 0.29) is 11.9 Å². The molecule has 0 radical (unpaired) electrons. The van der Waals surface area contributed by atoms with Crippen molar-refractivity contribution in [3.05, 3.63) is 59.9 Å². The quantitative estimate of drug-likeness (QED) is 0.733. The Bertz CT molecular complexity index is 1010. The van der Waals surface area contributed by atoms with Gasteiger partial charge in [-0.05, 0) is 24.6 Å². The van der Waals surface area contributed by atoms with Gasteiger partial charge in [-0.2, -0.15) is 5.10 Å². The first-order valence-electron chi connectivity index (χ1n) is 9.17. The number of fused-ring (bicyclic) bond motifs is 1. The molecule has 3 aromatic rings. The van der Waals surface area contributed by atoms with Gasteiger partial charge in [-0.1, -0.05) is 0 Å². The number of hydrogen-bond acceptors (Lipinski definition) is 4. The molecular weight excluding hydrogens is 364 g/mol. The number of nitrogens with zero attached hydrogens (tertiary/aromatic N) is 4. The SMILES string of the molecule is Cn1cc(CN2C[C@@H](F)C[C@H]2CNC(=O)c2ccc(F)c3ccncc23)cn1. The lowest BCUT2D eigenvalue weighted by Crippen LogP contribution is -2.39. The molecule has 1 aromatic carbocycles. The Hall–Kier alpha value is -2.87. The number of benzene rings is 1. The van der Waals surface area contributed by atoms with Crippen molar-refractivity contribution in [1.82, 2.24) is 25.0 Å². The van der Waals surface area contributed by atoms with Crippen LogP contribution in [0.4, 0.5) is 8.78 Å². The van der Waals surface area contributed by atoms with Crippen LogP contribution in [-0.4, -0.2) is 50.9 Å². The Labute approximate surface area is 161 Å². The second-order valence-electron chi connectivity index (χ2n) is 7.16. The lowest BCUT2D eigenvalue weighted by atomic mass is 10.1. The van der Waals surface area contributed by atoms with Crippen molar-refractivity contribution in [3.8, 4) is 0 Å². The monoisotopic (exact) mass is 385 g/mol. The normalized spacial score (nSPS) is 20.0. The minimum atomic E-state index is -0.922. The molecule has 1 aliphatic rings. The highest BCUT2D eigenvalue weighted by Gasteiger charge is 2.32. The molecule has 0 bridgehead atoms. The van der Waals surface area contributed by atoms with Crippen LogP contribution < -0.4 is 5.32 Å². The number of hydrogen-bond donors (Lipinski definition) is 1. The summed E-state index contributed by atoms with van der Waals surface area (Å²) in [5.74, 6) is -0.714. The largest absolute Gasteiger partial charge is 0.350 e. The number of pyridine rings is 1. The number of aromatic nitrogens is 3. The fraction of sp³-hybridized carbons (Fsp3) is 0.350. The molecule has 0 aliphatic carbocycles. The third-order valence-corrected chi connectivity index (χ3v) is 5.13. The highest BCUT2D eigenvalue weighted by Crippen LogP contribution is 2.23. The second kappa shape index (κ2) is 7.63. The summed E-state index contributed by atoms with van der Waals surface area (Å²) in [5.41, 5.74) is 1.36. The Kier molecular flexibility index (Phi) is 5.04. The highest BCUT2D eigenvalue weighted by atomic mass is 19.1. The smallest absolute Gasteiger partial charge is 0.252 e. The van der Waals surface area contributed by atoms with Crippen molar-refractivity contribution >= 4 is 16.7 Å². The van der Waals surface area contributed by atoms with Gasteiger partial charge in [0.1, 0.15) is 12.0 Å². The van der Waals surface area contributed by atoms with Crippen LogP contribution in [0.15, 0.2) is 43.0 Å². The maximum Gasteiger partial charge on any atom is 0.252 e. The maximum absolute atomic E-state index is 14.0. The van der Waals surface area contributed by atoms with Gasteiger partial charge in [0.15, 0.2) is 0 Å². The van der Waals surface area contributed by atoms with Crippen LogP contribution in [0, 0.1) is 5.82 Å². The minimum absolute atomic E-state index is 0.107. The first-order valence-corrected chi connectivity index (χ1v) is 9.17. The summed E-state index contributed by atoms with van der Waals surface area (Å²) < 4.78 is 29.7. The van der Waals surface area contributed by atoms with E-state index in [1.807, 2.05) is 18.1 Å². The maximum atomic E-state index is 14.0. The van der Waals surface area contributed by atoms with E-state index in [0.29, 0.717) is 42.4 Å². The van der Waals surface area contributed by atoms with Gasteiger partial charge in [-0.3, -0.25) is 19.4 Å². The standard InChI is InChI=1S/C20H21F2N5O/c1-26-10-13(7-25-26)11-27-12-14(21)6-15(27)8-24-20(28)17-2-3-19(22)16-4-5-23-9-18(16)17/h2-5,7,9-10,14-15H,6,8,11-12H2,1H3,(H,24,28)/t14-,15-/m0/s1. The highest BCUT2D eigenvalue weighted by molar-refractivity contribution is 6.06. The predicted molar refractivity (Wildman–Crippen MR) is 101 cm³/mol. The molecule has 28 heavy (non-hydrogen) atoms. The van der Waals surface area contributed by atoms with E-state index >= 15 is 0 Å². The van der Waals surface area contributed by atoms with E-state index in [9.17, 15) is 13.6 Å². The third-order valence-electron chi connectivity index (χ3n) is 5.13. The number of carbonyl (C=O) groups is 1. The average molecular weight is 385 g/mol. The van der Waals surface area contributed by atoms with Gasteiger partial charge in [0.05, 0.1) is 6.20 Å². The average Bonchev–Trinajstić information content (AvgIpc) is 3.25. The van der Waals surface area contributed by atoms with Gasteiger partial charge in [0.25, 0.3) is 5.91 Å². The van der Waals surface area contributed by atoms with E-state index in [1.165, 1.54) is 24.5 Å². The van der Waals surface area contributed by atoms with E-state index in [4.69, 9.17) is 0 Å². The zero-order chi connectivity index (χ0) is 19.7. The van der Waals surface area contributed by atoms with E-state index < -0.39 is 12.0 Å². The van der Waals surface area contributed by atoms with Crippen LogP contribution in [-0.2, 0) is 13.6 Å². The number of rotatable bonds is 5. The Morgan fingerprint density at radius 3 is 2.93 bits per heavy atom. The summed E-state index contributed by atoms with van der Waals surface area (Å²) in [4.78, 5) is 18.7. The summed E-state index contributed by atoms with van der Waals surface area (Å²) in [6.07, 6.45) is 6.08. The number of likely N-dealkylation sites (tertiary alicyclic amines) is 1. The number of aryl methyl sites for hydroxylation is 1. The van der Waals surface area contributed by atoms with Crippen molar-refractivity contribution in [3.63, 3.8) is 0 Å². The van der Waals surface area contributed by atoms with Crippen molar-refractivity contribution in [2.24, 2.45) is 7.05 Å². The van der Waals surface area contributed by atoms with Crippen LogP contribution in [0.1, 0.15) is 22.3 Å². The number of carbonyl (C=O) groups excluding carboxylic acids is 1. The molecule has 0 unspecified atom stereocenters. The number of alkyl halides is 1. The van der Waals surface area contributed by atoms with E-state index in [2.05, 4.69) is 15.4 Å². The molecule has 4 rings (SSSR count). The minimum Gasteiger partial charge on any atom is -0.350 e. The molecule has 6 nitrogen and oxygen atoms in total. The lowest BCUT2D eigenvalue weighted by molar-refractivity contribution is 0.0941. The van der Waals surface area contributed by atoms with Crippen LogP contribution in [0.25, 0.3) is 10.8 Å². The molecule has 146 valence electrons. The fourth-order valence-electron chi connectivity index (χ4n) is 3.77. The summed E-state index contributed by atoms with van der Waals surface area (Å²) >= 11 is 0. The molecule has 3 heterocycles. The van der Waals surface area contributed by atoms with Crippen molar-refractivity contribution in [2.45, 2.75) is 25.2 Å². The van der Waals surface area contributed by atoms with Gasteiger partial charge >= 0.3 is 0 Å². The lowest BCUT2D eigenvalue weighted by Gasteiger charge is -2.23. The van der Waals surface area contributed by atoms with Crippen molar-refractivity contribution in [1.29, 1.82) is 0 Å². The first-order chi connectivity index (χ1) is 13.5. The molecule has 1 amide bonds. The molecule has 0 saturated carbocycles. The third kappa shape index (κ3) is 3.73.